The molecule has 2 heterocycles. The summed E-state index contributed by atoms with van der Waals surface area (Å²) in [6, 6.07) is 12.7. The minimum Gasteiger partial charge on any atom is -0.466 e. The first-order chi connectivity index (χ1) is 14.8. The van der Waals surface area contributed by atoms with E-state index in [9.17, 15) is 9.59 Å². The molecule has 160 valence electrons. The van der Waals surface area contributed by atoms with E-state index in [1.807, 2.05) is 0 Å². The summed E-state index contributed by atoms with van der Waals surface area (Å²) < 4.78 is 8.68. The van der Waals surface area contributed by atoms with Gasteiger partial charge in [0.15, 0.2) is 5.76 Å². The van der Waals surface area contributed by atoms with E-state index in [1.54, 1.807) is 42.5 Å². The number of benzene rings is 1. The second-order valence-corrected chi connectivity index (χ2v) is 8.36. The quantitative estimate of drug-likeness (QED) is 0.230. The third kappa shape index (κ3) is 6.71. The molecule has 3 aromatic rings. The Bertz CT molecular complexity index is 1040. The summed E-state index contributed by atoms with van der Waals surface area (Å²) in [6.07, 6.45) is 4.54. The number of rotatable bonds is 7. The van der Waals surface area contributed by atoms with Gasteiger partial charge in [-0.2, -0.15) is 5.10 Å². The molecule has 1 atom stereocenters. The van der Waals surface area contributed by atoms with Crippen molar-refractivity contribution >= 4 is 52.8 Å². The molecule has 0 radical (unpaired) electrons. The lowest BCUT2D eigenvalue weighted by Crippen LogP contribution is -2.47. The smallest absolute Gasteiger partial charge is 0.289 e. The maximum atomic E-state index is 12.2. The molecule has 0 aliphatic carbocycles. The molecule has 0 aliphatic heterocycles. The Balaban J connectivity index is 1.60. The Morgan fingerprint density at radius 3 is 2.39 bits per heavy atom. The van der Waals surface area contributed by atoms with Gasteiger partial charge in [-0.3, -0.25) is 14.6 Å². The zero-order valence-corrected chi connectivity index (χ0v) is 17.9. The van der Waals surface area contributed by atoms with Crippen LogP contribution in [0.15, 0.2) is 76.7 Å². The summed E-state index contributed by atoms with van der Waals surface area (Å²) in [6.45, 7) is 0. The predicted octanol–water partition coefficient (Wildman–Crippen LogP) is 3.94. The van der Waals surface area contributed by atoms with Gasteiger partial charge in [0.25, 0.3) is 11.8 Å². The number of hydrazone groups is 1. The normalized spacial score (nSPS) is 12.4. The van der Waals surface area contributed by atoms with Crippen LogP contribution in [0.3, 0.4) is 0 Å². The van der Waals surface area contributed by atoms with Crippen LogP contribution in [0, 0.1) is 0 Å². The SMILES string of the molecule is O=C(N/N=C/c1ccc(OC(NC(=O)c2ccco2)C(Cl)(Cl)Cl)cc1)c1ccncc1. The highest BCUT2D eigenvalue weighted by molar-refractivity contribution is 6.68. The zero-order chi connectivity index (χ0) is 22.3. The molecule has 0 saturated heterocycles. The van der Waals surface area contributed by atoms with Gasteiger partial charge in [0.05, 0.1) is 12.5 Å². The Morgan fingerprint density at radius 2 is 1.77 bits per heavy atom. The molecule has 2 N–H and O–H groups in total. The van der Waals surface area contributed by atoms with E-state index >= 15 is 0 Å². The summed E-state index contributed by atoms with van der Waals surface area (Å²) >= 11 is 17.8. The van der Waals surface area contributed by atoms with Gasteiger partial charge in [-0.15, -0.1) is 0 Å². The summed E-state index contributed by atoms with van der Waals surface area (Å²) in [5.41, 5.74) is 3.52. The van der Waals surface area contributed by atoms with E-state index in [0.717, 1.165) is 0 Å². The molecule has 0 bridgehead atoms. The van der Waals surface area contributed by atoms with E-state index in [4.69, 9.17) is 44.0 Å². The van der Waals surface area contributed by atoms with Crippen molar-refractivity contribution in [3.05, 3.63) is 84.1 Å². The fourth-order valence-corrected chi connectivity index (χ4v) is 2.58. The number of alkyl halides is 3. The Morgan fingerprint density at radius 1 is 1.06 bits per heavy atom. The monoisotopic (exact) mass is 480 g/mol. The summed E-state index contributed by atoms with van der Waals surface area (Å²) in [4.78, 5) is 27.9. The highest BCUT2D eigenvalue weighted by Crippen LogP contribution is 2.32. The van der Waals surface area contributed by atoms with Crippen LogP contribution in [0.2, 0.25) is 0 Å². The number of hydrogen-bond acceptors (Lipinski definition) is 6. The fourth-order valence-electron chi connectivity index (χ4n) is 2.28. The van der Waals surface area contributed by atoms with Crippen molar-refractivity contribution in [1.29, 1.82) is 0 Å². The average Bonchev–Trinajstić information content (AvgIpc) is 3.29. The topological polar surface area (TPSA) is 106 Å². The minimum absolute atomic E-state index is 0.0447. The minimum atomic E-state index is -1.94. The number of aromatic nitrogens is 1. The molecule has 0 saturated carbocycles. The van der Waals surface area contributed by atoms with Gasteiger partial charge < -0.3 is 14.5 Å². The van der Waals surface area contributed by atoms with Gasteiger partial charge in [0.2, 0.25) is 10.0 Å². The van der Waals surface area contributed by atoms with Crippen molar-refractivity contribution in [3.8, 4) is 5.75 Å². The number of pyridine rings is 1. The van der Waals surface area contributed by atoms with Crippen LogP contribution >= 0.6 is 34.8 Å². The number of halogens is 3. The number of nitrogens with one attached hydrogen (secondary N) is 2. The number of nitrogens with zero attached hydrogens (tertiary/aromatic N) is 2. The highest BCUT2D eigenvalue weighted by atomic mass is 35.6. The Hall–Kier alpha value is -3.07. The van der Waals surface area contributed by atoms with E-state index in [1.165, 1.54) is 30.9 Å². The molecule has 1 aromatic carbocycles. The molecule has 0 aliphatic rings. The molecule has 11 heteroatoms. The van der Waals surface area contributed by atoms with Gasteiger partial charge in [-0.05, 0) is 54.1 Å². The molecular weight excluding hydrogens is 467 g/mol. The Labute approximate surface area is 192 Å². The van der Waals surface area contributed by atoms with Gasteiger partial charge >= 0.3 is 0 Å². The molecule has 2 aromatic heterocycles. The first-order valence-corrected chi connectivity index (χ1v) is 9.87. The number of carbonyl (C=O) groups is 2. The lowest BCUT2D eigenvalue weighted by Gasteiger charge is -2.25. The highest BCUT2D eigenvalue weighted by Gasteiger charge is 2.36. The van der Waals surface area contributed by atoms with Crippen LogP contribution in [0.4, 0.5) is 0 Å². The number of carbonyl (C=O) groups excluding carboxylic acids is 2. The molecule has 31 heavy (non-hydrogen) atoms. The fraction of sp³-hybridized carbons (Fsp3) is 0.100. The average molecular weight is 482 g/mol. The predicted molar refractivity (Wildman–Crippen MR) is 117 cm³/mol. The van der Waals surface area contributed by atoms with Crippen molar-refractivity contribution in [1.82, 2.24) is 15.7 Å². The molecule has 3 rings (SSSR count). The molecule has 0 spiro atoms. The van der Waals surface area contributed by atoms with Crippen molar-refractivity contribution < 1.29 is 18.7 Å². The van der Waals surface area contributed by atoms with Crippen molar-refractivity contribution in [2.24, 2.45) is 5.10 Å². The van der Waals surface area contributed by atoms with Crippen molar-refractivity contribution in [2.45, 2.75) is 10.0 Å². The third-order valence-corrected chi connectivity index (χ3v) is 4.36. The van der Waals surface area contributed by atoms with E-state index < -0.39 is 15.9 Å². The van der Waals surface area contributed by atoms with Crippen molar-refractivity contribution in [2.75, 3.05) is 0 Å². The van der Waals surface area contributed by atoms with Crippen LogP contribution < -0.4 is 15.5 Å². The maximum absolute atomic E-state index is 12.2. The molecule has 1 unspecified atom stereocenters. The Kier molecular flexibility index (Phi) is 7.51. The van der Waals surface area contributed by atoms with Crippen LogP contribution in [0.25, 0.3) is 0 Å². The number of furan rings is 1. The summed E-state index contributed by atoms with van der Waals surface area (Å²) in [7, 11) is 0. The van der Waals surface area contributed by atoms with Gasteiger partial charge in [0, 0.05) is 18.0 Å². The van der Waals surface area contributed by atoms with Crippen LogP contribution in [-0.2, 0) is 0 Å². The first-order valence-electron chi connectivity index (χ1n) is 8.74. The maximum Gasteiger partial charge on any atom is 0.289 e. The second kappa shape index (κ2) is 10.3. The molecule has 8 nitrogen and oxygen atoms in total. The van der Waals surface area contributed by atoms with Gasteiger partial charge in [-0.1, -0.05) is 34.8 Å². The van der Waals surface area contributed by atoms with Gasteiger partial charge in [0.1, 0.15) is 5.75 Å². The largest absolute Gasteiger partial charge is 0.466 e. The van der Waals surface area contributed by atoms with E-state index in [2.05, 4.69) is 20.8 Å². The first kappa shape index (κ1) is 22.6. The van der Waals surface area contributed by atoms with E-state index in [-0.39, 0.29) is 11.7 Å². The van der Waals surface area contributed by atoms with Crippen LogP contribution in [0.5, 0.6) is 5.75 Å². The second-order valence-electron chi connectivity index (χ2n) is 5.99. The van der Waals surface area contributed by atoms with Crippen LogP contribution in [-0.4, -0.2) is 33.0 Å². The standard InChI is InChI=1S/C20H15Cl3N4O4/c21-20(22,23)19(26-18(29)16-2-1-11-30-16)31-15-5-3-13(4-6-15)12-25-27-17(28)14-7-9-24-10-8-14/h1-12,19H,(H,26,29)(H,27,28)/b25-12+. The molecule has 2 amide bonds. The lowest BCUT2D eigenvalue weighted by molar-refractivity contribution is 0.0804. The van der Waals surface area contributed by atoms with Crippen molar-refractivity contribution in [3.63, 3.8) is 0 Å². The van der Waals surface area contributed by atoms with E-state index in [0.29, 0.717) is 16.9 Å². The van der Waals surface area contributed by atoms with Gasteiger partial charge in [-0.25, -0.2) is 5.43 Å². The zero-order valence-electron chi connectivity index (χ0n) is 15.7. The van der Waals surface area contributed by atoms with Crippen LogP contribution in [0.1, 0.15) is 26.5 Å². The lowest BCUT2D eigenvalue weighted by atomic mass is 10.2. The summed E-state index contributed by atoms with van der Waals surface area (Å²) in [5, 5.41) is 6.35. The summed E-state index contributed by atoms with van der Waals surface area (Å²) in [5.74, 6) is -0.594. The molecule has 0 fully saturated rings. The molecular formula is C20H15Cl3N4O4. The third-order valence-electron chi connectivity index (χ3n) is 3.76. The number of hydrogen-bond donors (Lipinski definition) is 2. The number of amides is 2. The number of ether oxygens (including phenoxy) is 1.